The fourth-order valence-electron chi connectivity index (χ4n) is 4.38. The van der Waals surface area contributed by atoms with E-state index < -0.39 is 0 Å². The second kappa shape index (κ2) is 12.8. The highest BCUT2D eigenvalue weighted by Gasteiger charge is 2.28. The summed E-state index contributed by atoms with van der Waals surface area (Å²) >= 11 is 0. The number of hydrogen-bond donors (Lipinski definition) is 2. The summed E-state index contributed by atoms with van der Waals surface area (Å²) in [6.07, 6.45) is 3.22. The quantitative estimate of drug-likeness (QED) is 0.157. The Hall–Kier alpha value is -6.16. The zero-order valence-electron chi connectivity index (χ0n) is 22.4. The van der Waals surface area contributed by atoms with E-state index in [4.69, 9.17) is 0 Å². The molecular formula is C32H26N10. The summed E-state index contributed by atoms with van der Waals surface area (Å²) in [5.74, 6) is 1.06. The van der Waals surface area contributed by atoms with Crippen molar-refractivity contribution < 1.29 is 0 Å². The van der Waals surface area contributed by atoms with Crippen molar-refractivity contribution in [1.82, 2.24) is 30.8 Å². The topological polar surface area (TPSA) is 108 Å². The van der Waals surface area contributed by atoms with Gasteiger partial charge in [-0.3, -0.25) is 10.9 Å². The van der Waals surface area contributed by atoms with Crippen LogP contribution in [0.3, 0.4) is 0 Å². The van der Waals surface area contributed by atoms with Crippen molar-refractivity contribution in [3.63, 3.8) is 0 Å². The Labute approximate surface area is 243 Å². The van der Waals surface area contributed by atoms with E-state index in [1.807, 2.05) is 131 Å². The van der Waals surface area contributed by atoms with Crippen molar-refractivity contribution >= 4 is 34.4 Å². The lowest BCUT2D eigenvalue weighted by Gasteiger charge is -2.35. The Balaban J connectivity index is 1.68. The van der Waals surface area contributed by atoms with E-state index in [0.717, 1.165) is 33.9 Å². The molecule has 2 heterocycles. The van der Waals surface area contributed by atoms with E-state index in [1.165, 1.54) is 0 Å². The second-order valence-electron chi connectivity index (χ2n) is 9.01. The smallest absolute Gasteiger partial charge is 0.177 e. The number of para-hydroxylation sites is 2. The molecule has 42 heavy (non-hydrogen) atoms. The molecule has 2 N–H and O–H groups in total. The predicted molar refractivity (Wildman–Crippen MR) is 164 cm³/mol. The van der Waals surface area contributed by atoms with Crippen LogP contribution < -0.4 is 20.9 Å². The van der Waals surface area contributed by atoms with E-state index in [9.17, 15) is 0 Å². The van der Waals surface area contributed by atoms with Gasteiger partial charge in [-0.15, -0.1) is 20.4 Å². The van der Waals surface area contributed by atoms with Crippen molar-refractivity contribution in [3.8, 4) is 0 Å². The first-order valence-corrected chi connectivity index (χ1v) is 13.2. The summed E-state index contributed by atoms with van der Waals surface area (Å²) in [5.41, 5.74) is 12.1. The van der Waals surface area contributed by atoms with Gasteiger partial charge in [0.15, 0.2) is 11.6 Å². The average Bonchev–Trinajstić information content (AvgIpc) is 3.08. The molecule has 0 aliphatic rings. The molecule has 6 aromatic rings. The largest absolute Gasteiger partial charge is 0.292 e. The standard InChI is InChI=1S/C32H26N10/c1-5-13-25(14-6-1)31(41(29-21-23-33-39-35-29)37-27-17-9-3-10-18-27)32(26-15-7-2-8-16-26)42(30-22-24-34-40-36-30)38-28-19-11-4-12-20-28/h1-24,37-38H. The van der Waals surface area contributed by atoms with E-state index in [1.54, 1.807) is 24.5 Å². The second-order valence-corrected chi connectivity index (χ2v) is 9.01. The SMILES string of the molecule is c1ccc(NN(C(=C(c2ccccc2)N(Nc2ccccc2)c2ccnnn2)c2ccccc2)c2ccnnn2)cc1. The number of benzene rings is 4. The van der Waals surface area contributed by atoms with Crippen molar-refractivity contribution in [2.24, 2.45) is 0 Å². The first-order chi connectivity index (χ1) is 20.9. The van der Waals surface area contributed by atoms with Crippen molar-refractivity contribution in [1.29, 1.82) is 0 Å². The Morgan fingerprint density at radius 2 is 0.786 bits per heavy atom. The third-order valence-corrected chi connectivity index (χ3v) is 6.23. The Bertz CT molecular complexity index is 1570. The number of anilines is 4. The molecule has 0 aliphatic carbocycles. The predicted octanol–water partition coefficient (Wildman–Crippen LogP) is 5.95. The summed E-state index contributed by atoms with van der Waals surface area (Å²) in [6.45, 7) is 0. The molecule has 0 aliphatic heterocycles. The maximum Gasteiger partial charge on any atom is 0.177 e. The molecule has 10 nitrogen and oxygen atoms in total. The van der Waals surface area contributed by atoms with Crippen LogP contribution in [0.5, 0.6) is 0 Å². The molecule has 0 saturated heterocycles. The fourth-order valence-corrected chi connectivity index (χ4v) is 4.38. The lowest BCUT2D eigenvalue weighted by atomic mass is 10.0. The van der Waals surface area contributed by atoms with Crippen molar-refractivity contribution in [2.45, 2.75) is 0 Å². The highest BCUT2D eigenvalue weighted by Crippen LogP contribution is 2.36. The fraction of sp³-hybridized carbons (Fsp3) is 0. The van der Waals surface area contributed by atoms with Crippen LogP contribution in [-0.4, -0.2) is 30.8 Å². The molecule has 0 radical (unpaired) electrons. The van der Waals surface area contributed by atoms with Gasteiger partial charge in [-0.05, 0) is 34.7 Å². The normalized spacial score (nSPS) is 11.2. The minimum Gasteiger partial charge on any atom is -0.292 e. The monoisotopic (exact) mass is 550 g/mol. The van der Waals surface area contributed by atoms with E-state index >= 15 is 0 Å². The van der Waals surface area contributed by atoms with Crippen LogP contribution in [0.4, 0.5) is 23.0 Å². The minimum absolute atomic E-state index is 0.529. The van der Waals surface area contributed by atoms with Gasteiger partial charge < -0.3 is 0 Å². The summed E-state index contributed by atoms with van der Waals surface area (Å²) in [6, 6.07) is 43.5. The molecular weight excluding hydrogens is 524 g/mol. The number of nitrogens with zero attached hydrogens (tertiary/aromatic N) is 8. The van der Waals surface area contributed by atoms with Crippen LogP contribution in [0, 0.1) is 0 Å². The van der Waals surface area contributed by atoms with Crippen LogP contribution in [0.15, 0.2) is 146 Å². The van der Waals surface area contributed by atoms with E-state index in [-0.39, 0.29) is 0 Å². The van der Waals surface area contributed by atoms with Crippen LogP contribution in [0.2, 0.25) is 0 Å². The number of aromatic nitrogens is 6. The van der Waals surface area contributed by atoms with Crippen molar-refractivity contribution in [3.05, 3.63) is 157 Å². The van der Waals surface area contributed by atoms with Gasteiger partial charge in [-0.25, -0.2) is 10.0 Å². The van der Waals surface area contributed by atoms with Gasteiger partial charge >= 0.3 is 0 Å². The molecule has 0 atom stereocenters. The van der Waals surface area contributed by atoms with E-state index in [2.05, 4.69) is 41.7 Å². The van der Waals surface area contributed by atoms with Gasteiger partial charge in [0.2, 0.25) is 0 Å². The molecule has 0 fully saturated rings. The van der Waals surface area contributed by atoms with Crippen LogP contribution in [-0.2, 0) is 0 Å². The Morgan fingerprint density at radius 3 is 1.12 bits per heavy atom. The van der Waals surface area contributed by atoms with Crippen LogP contribution in [0.25, 0.3) is 11.4 Å². The highest BCUT2D eigenvalue weighted by atomic mass is 15.6. The maximum atomic E-state index is 4.41. The van der Waals surface area contributed by atoms with Crippen LogP contribution in [0.1, 0.15) is 11.1 Å². The average molecular weight is 551 g/mol. The zero-order valence-corrected chi connectivity index (χ0v) is 22.4. The molecule has 0 saturated carbocycles. The molecule has 10 heteroatoms. The molecule has 2 aromatic heterocycles. The zero-order chi connectivity index (χ0) is 28.4. The number of hydrogen-bond acceptors (Lipinski definition) is 10. The lowest BCUT2D eigenvalue weighted by Crippen LogP contribution is -2.36. The Kier molecular flexibility index (Phi) is 7.95. The summed E-state index contributed by atoms with van der Waals surface area (Å²) in [4.78, 5) is 0. The Morgan fingerprint density at radius 1 is 0.429 bits per heavy atom. The number of nitrogens with one attached hydrogen (secondary N) is 2. The van der Waals surface area contributed by atoms with Gasteiger partial charge in [-0.2, -0.15) is 0 Å². The minimum atomic E-state index is 0.529. The first-order valence-electron chi connectivity index (χ1n) is 13.2. The van der Waals surface area contributed by atoms with Gasteiger partial charge in [0, 0.05) is 23.3 Å². The van der Waals surface area contributed by atoms with Gasteiger partial charge in [0.25, 0.3) is 0 Å². The molecule has 4 aromatic carbocycles. The highest BCUT2D eigenvalue weighted by molar-refractivity contribution is 6.02. The van der Waals surface area contributed by atoms with Crippen LogP contribution >= 0.6 is 0 Å². The van der Waals surface area contributed by atoms with E-state index in [0.29, 0.717) is 11.6 Å². The summed E-state index contributed by atoms with van der Waals surface area (Å²) in [7, 11) is 0. The third kappa shape index (κ3) is 6.02. The molecule has 6 rings (SSSR count). The van der Waals surface area contributed by atoms with Gasteiger partial charge in [-0.1, -0.05) is 97.1 Å². The lowest BCUT2D eigenvalue weighted by molar-refractivity contribution is 0.848. The number of rotatable bonds is 10. The third-order valence-electron chi connectivity index (χ3n) is 6.23. The molecule has 0 spiro atoms. The summed E-state index contributed by atoms with van der Waals surface area (Å²) < 4.78 is 0. The van der Waals surface area contributed by atoms with Gasteiger partial charge in [0.05, 0.1) is 35.2 Å². The number of hydrazine groups is 2. The molecule has 0 bridgehead atoms. The molecule has 0 amide bonds. The molecule has 204 valence electrons. The molecule has 0 unspecified atom stereocenters. The van der Waals surface area contributed by atoms with Crippen molar-refractivity contribution in [2.75, 3.05) is 20.9 Å². The maximum absolute atomic E-state index is 4.41. The first kappa shape index (κ1) is 26.1. The van der Waals surface area contributed by atoms with Gasteiger partial charge in [0.1, 0.15) is 0 Å². The summed E-state index contributed by atoms with van der Waals surface area (Å²) in [5, 5.41) is 28.4.